The molecule has 0 saturated heterocycles. The highest BCUT2D eigenvalue weighted by molar-refractivity contribution is 5.98. The Bertz CT molecular complexity index is 883. The zero-order chi connectivity index (χ0) is 20.1. The molecule has 27 heavy (non-hydrogen) atoms. The van der Waals surface area contributed by atoms with Gasteiger partial charge in [-0.3, -0.25) is 4.79 Å². The fourth-order valence-electron chi connectivity index (χ4n) is 2.89. The number of ether oxygens (including phenoxy) is 2. The molecule has 0 aliphatic carbocycles. The Kier molecular flexibility index (Phi) is 6.39. The van der Waals surface area contributed by atoms with Gasteiger partial charge in [0.15, 0.2) is 6.61 Å². The van der Waals surface area contributed by atoms with Crippen LogP contribution in [0.4, 0.5) is 5.69 Å². The molecule has 0 bridgehead atoms. The number of carbonyl (C=O) groups excluding carboxylic acids is 3. The summed E-state index contributed by atoms with van der Waals surface area (Å²) in [5, 5.41) is 2.65. The molecule has 1 N–H and O–H groups in total. The van der Waals surface area contributed by atoms with Gasteiger partial charge in [-0.05, 0) is 51.5 Å². The lowest BCUT2D eigenvalue weighted by atomic mass is 10.1. The van der Waals surface area contributed by atoms with Crippen LogP contribution < -0.4 is 5.32 Å². The molecule has 0 fully saturated rings. The highest BCUT2D eigenvalue weighted by Crippen LogP contribution is 2.18. The molecule has 2 rings (SSSR count). The Morgan fingerprint density at radius 1 is 1.07 bits per heavy atom. The molecule has 1 aromatic carbocycles. The highest BCUT2D eigenvalue weighted by atomic mass is 16.5. The number of carbonyl (C=O) groups is 3. The van der Waals surface area contributed by atoms with Gasteiger partial charge in [-0.15, -0.1) is 0 Å². The number of rotatable bonds is 6. The van der Waals surface area contributed by atoms with Crippen LogP contribution in [-0.2, 0) is 20.8 Å². The van der Waals surface area contributed by atoms with Crippen molar-refractivity contribution in [1.82, 2.24) is 4.57 Å². The molecule has 0 aliphatic heterocycles. The molecule has 1 heterocycles. The predicted octanol–water partition coefficient (Wildman–Crippen LogP) is 3.02. The van der Waals surface area contributed by atoms with Gasteiger partial charge in [0.1, 0.15) is 0 Å². The number of esters is 2. The van der Waals surface area contributed by atoms with Crippen molar-refractivity contribution in [2.24, 2.45) is 0 Å². The summed E-state index contributed by atoms with van der Waals surface area (Å²) in [4.78, 5) is 36.0. The molecule has 144 valence electrons. The third-order valence-electron chi connectivity index (χ3n) is 4.38. The number of nitrogens with zero attached hydrogens (tertiary/aromatic N) is 1. The number of amides is 1. The van der Waals surface area contributed by atoms with E-state index < -0.39 is 24.5 Å². The lowest BCUT2D eigenvalue weighted by Crippen LogP contribution is -2.22. The maximum Gasteiger partial charge on any atom is 0.340 e. The third kappa shape index (κ3) is 4.55. The van der Waals surface area contributed by atoms with Crippen molar-refractivity contribution in [1.29, 1.82) is 0 Å². The Labute approximate surface area is 158 Å². The van der Waals surface area contributed by atoms with Crippen molar-refractivity contribution in [3.8, 4) is 0 Å². The summed E-state index contributed by atoms with van der Waals surface area (Å²) >= 11 is 0. The molecule has 7 heteroatoms. The molecule has 0 spiro atoms. The summed E-state index contributed by atoms with van der Waals surface area (Å²) < 4.78 is 11.8. The van der Waals surface area contributed by atoms with Crippen molar-refractivity contribution >= 4 is 23.5 Å². The Balaban J connectivity index is 2.02. The first-order valence-corrected chi connectivity index (χ1v) is 8.61. The maximum absolute atomic E-state index is 12.3. The first-order chi connectivity index (χ1) is 12.8. The molecule has 0 atom stereocenters. The van der Waals surface area contributed by atoms with Crippen LogP contribution in [0.3, 0.4) is 0 Å². The number of aryl methyl sites for hydroxylation is 2. The third-order valence-corrected chi connectivity index (χ3v) is 4.38. The van der Waals surface area contributed by atoms with Crippen LogP contribution in [0.5, 0.6) is 0 Å². The number of hydrogen-bond donors (Lipinski definition) is 1. The minimum absolute atomic E-state index is 0.322. The monoisotopic (exact) mass is 372 g/mol. The van der Waals surface area contributed by atoms with E-state index in [9.17, 15) is 14.4 Å². The van der Waals surface area contributed by atoms with Crippen LogP contribution in [0.1, 0.15) is 44.6 Å². The lowest BCUT2D eigenvalue weighted by molar-refractivity contribution is -0.119. The molecule has 0 aliphatic rings. The van der Waals surface area contributed by atoms with Gasteiger partial charge < -0.3 is 19.4 Å². The van der Waals surface area contributed by atoms with Crippen LogP contribution in [0.2, 0.25) is 0 Å². The molecule has 7 nitrogen and oxygen atoms in total. The lowest BCUT2D eigenvalue weighted by Gasteiger charge is -2.10. The average Bonchev–Trinajstić information content (AvgIpc) is 2.94. The van der Waals surface area contributed by atoms with Gasteiger partial charge in [0.25, 0.3) is 5.91 Å². The van der Waals surface area contributed by atoms with E-state index in [1.54, 1.807) is 25.1 Å². The number of nitrogens with one attached hydrogen (secondary N) is 1. The fraction of sp³-hybridized carbons (Fsp3) is 0.350. The van der Waals surface area contributed by atoms with E-state index in [0.717, 1.165) is 23.5 Å². The summed E-state index contributed by atoms with van der Waals surface area (Å²) in [5.74, 6) is -1.53. The van der Waals surface area contributed by atoms with Crippen LogP contribution in [0.15, 0.2) is 24.3 Å². The molecule has 0 unspecified atom stereocenters. The molecule has 2 aromatic rings. The second-order valence-corrected chi connectivity index (χ2v) is 6.17. The number of methoxy groups -OCH3 is 1. The first kappa shape index (κ1) is 20.2. The van der Waals surface area contributed by atoms with Gasteiger partial charge in [0.05, 0.1) is 18.2 Å². The van der Waals surface area contributed by atoms with Crippen molar-refractivity contribution in [2.45, 2.75) is 34.2 Å². The number of hydrogen-bond acceptors (Lipinski definition) is 5. The molecule has 0 radical (unpaired) electrons. The van der Waals surface area contributed by atoms with Crippen molar-refractivity contribution in [2.75, 3.05) is 19.0 Å². The Morgan fingerprint density at radius 3 is 2.37 bits per heavy atom. The van der Waals surface area contributed by atoms with E-state index in [-0.39, 0.29) is 0 Å². The van der Waals surface area contributed by atoms with Gasteiger partial charge in [0, 0.05) is 23.6 Å². The van der Waals surface area contributed by atoms with E-state index >= 15 is 0 Å². The minimum Gasteiger partial charge on any atom is -0.465 e. The number of aromatic nitrogens is 1. The van der Waals surface area contributed by atoms with Gasteiger partial charge in [-0.2, -0.15) is 0 Å². The summed E-state index contributed by atoms with van der Waals surface area (Å²) in [6.07, 6.45) is 0. The first-order valence-electron chi connectivity index (χ1n) is 8.61. The zero-order valence-electron chi connectivity index (χ0n) is 16.2. The van der Waals surface area contributed by atoms with E-state index in [0.29, 0.717) is 16.8 Å². The molecular weight excluding hydrogens is 348 g/mol. The number of benzene rings is 1. The average molecular weight is 372 g/mol. The van der Waals surface area contributed by atoms with Gasteiger partial charge in [-0.25, -0.2) is 9.59 Å². The van der Waals surface area contributed by atoms with Crippen LogP contribution in [0, 0.1) is 20.8 Å². The topological polar surface area (TPSA) is 86.6 Å². The van der Waals surface area contributed by atoms with Crippen LogP contribution in [-0.4, -0.2) is 36.1 Å². The summed E-state index contributed by atoms with van der Waals surface area (Å²) in [6, 6.07) is 6.59. The van der Waals surface area contributed by atoms with Crippen molar-refractivity contribution < 1.29 is 23.9 Å². The Hall–Kier alpha value is -3.09. The number of anilines is 1. The van der Waals surface area contributed by atoms with E-state index in [2.05, 4.69) is 10.1 Å². The molecular formula is C20H24N2O5. The van der Waals surface area contributed by atoms with E-state index in [4.69, 9.17) is 4.74 Å². The summed E-state index contributed by atoms with van der Waals surface area (Å²) in [6.45, 7) is 7.87. The smallest absolute Gasteiger partial charge is 0.340 e. The standard InChI is InChI=1S/C20H24N2O5/c1-6-22-13(3)9-16(14(22)4)20(25)27-11-18(23)21-17-10-15(19(24)26-5)8-7-12(17)2/h7-10H,6,11H2,1-5H3,(H,21,23). The van der Waals surface area contributed by atoms with Crippen LogP contribution >= 0.6 is 0 Å². The van der Waals surface area contributed by atoms with Crippen molar-refractivity contribution in [3.63, 3.8) is 0 Å². The van der Waals surface area contributed by atoms with Gasteiger partial charge >= 0.3 is 11.9 Å². The summed E-state index contributed by atoms with van der Waals surface area (Å²) in [7, 11) is 1.29. The van der Waals surface area contributed by atoms with Crippen molar-refractivity contribution in [3.05, 3.63) is 52.3 Å². The SMILES string of the molecule is CCn1c(C)cc(C(=O)OCC(=O)Nc2cc(C(=O)OC)ccc2C)c1C. The van der Waals surface area contributed by atoms with E-state index in [1.807, 2.05) is 25.3 Å². The predicted molar refractivity (Wildman–Crippen MR) is 101 cm³/mol. The van der Waals surface area contributed by atoms with Gasteiger partial charge in [0.2, 0.25) is 0 Å². The fourth-order valence-corrected chi connectivity index (χ4v) is 2.89. The highest BCUT2D eigenvalue weighted by Gasteiger charge is 2.18. The second-order valence-electron chi connectivity index (χ2n) is 6.17. The largest absolute Gasteiger partial charge is 0.465 e. The quantitative estimate of drug-likeness (QED) is 0.788. The molecule has 0 saturated carbocycles. The molecule has 1 aromatic heterocycles. The molecule has 1 amide bonds. The minimum atomic E-state index is -0.544. The Morgan fingerprint density at radius 2 is 1.78 bits per heavy atom. The van der Waals surface area contributed by atoms with Crippen LogP contribution in [0.25, 0.3) is 0 Å². The zero-order valence-corrected chi connectivity index (χ0v) is 16.2. The maximum atomic E-state index is 12.3. The summed E-state index contributed by atoms with van der Waals surface area (Å²) in [5.41, 5.74) is 3.77. The van der Waals surface area contributed by atoms with Gasteiger partial charge in [-0.1, -0.05) is 6.07 Å². The second kappa shape index (κ2) is 8.53. The van der Waals surface area contributed by atoms with E-state index in [1.165, 1.54) is 13.2 Å². The normalized spacial score (nSPS) is 10.4.